The Hall–Kier alpha value is -1.98. The lowest BCUT2D eigenvalue weighted by atomic mass is 9.90. The van der Waals surface area contributed by atoms with Crippen LogP contribution in [0.2, 0.25) is 0 Å². The minimum atomic E-state index is 0.642. The zero-order valence-corrected chi connectivity index (χ0v) is 16.0. The Bertz CT molecular complexity index is 802. The molecule has 3 aromatic rings. The summed E-state index contributed by atoms with van der Waals surface area (Å²) in [6, 6.07) is 13.0. The van der Waals surface area contributed by atoms with Gasteiger partial charge < -0.3 is 4.42 Å². The molecule has 1 saturated heterocycles. The summed E-state index contributed by atoms with van der Waals surface area (Å²) >= 11 is 1.63. The van der Waals surface area contributed by atoms with Crippen LogP contribution in [0.4, 0.5) is 0 Å². The smallest absolute Gasteiger partial charge is 0.257 e. The van der Waals surface area contributed by atoms with Crippen molar-refractivity contribution in [2.45, 2.75) is 39.2 Å². The molecule has 0 unspecified atom stereocenters. The number of rotatable bonds is 6. The third kappa shape index (κ3) is 4.40. The van der Waals surface area contributed by atoms with Crippen molar-refractivity contribution in [3.63, 3.8) is 0 Å². The third-order valence-electron chi connectivity index (χ3n) is 5.23. The van der Waals surface area contributed by atoms with E-state index in [1.165, 1.54) is 36.8 Å². The van der Waals surface area contributed by atoms with E-state index in [0.717, 1.165) is 36.3 Å². The Morgan fingerprint density at radius 1 is 1.12 bits per heavy atom. The van der Waals surface area contributed by atoms with E-state index in [1.54, 1.807) is 11.3 Å². The maximum Gasteiger partial charge on any atom is 0.257 e. The molecule has 0 N–H and O–H groups in total. The van der Waals surface area contributed by atoms with E-state index in [1.807, 2.05) is 17.5 Å². The van der Waals surface area contributed by atoms with Gasteiger partial charge in [-0.15, -0.1) is 21.5 Å². The first-order valence-electron chi connectivity index (χ1n) is 9.40. The number of benzene rings is 1. The minimum absolute atomic E-state index is 0.642. The van der Waals surface area contributed by atoms with Gasteiger partial charge in [-0.1, -0.05) is 35.9 Å². The highest BCUT2D eigenvalue weighted by Crippen LogP contribution is 2.26. The van der Waals surface area contributed by atoms with Crippen LogP contribution in [-0.2, 0) is 13.0 Å². The van der Waals surface area contributed by atoms with Crippen molar-refractivity contribution < 1.29 is 4.42 Å². The van der Waals surface area contributed by atoms with Gasteiger partial charge in [0.15, 0.2) is 0 Å². The largest absolute Gasteiger partial charge is 0.419 e. The Labute approximate surface area is 158 Å². The molecule has 0 bridgehead atoms. The van der Waals surface area contributed by atoms with Crippen molar-refractivity contribution in [1.82, 2.24) is 15.1 Å². The fourth-order valence-corrected chi connectivity index (χ4v) is 4.21. The number of aromatic nitrogens is 2. The molecule has 5 heteroatoms. The summed E-state index contributed by atoms with van der Waals surface area (Å²) in [4.78, 5) is 3.48. The lowest BCUT2D eigenvalue weighted by molar-refractivity contribution is 0.160. The number of nitrogens with zero attached hydrogens (tertiary/aromatic N) is 3. The average molecular weight is 368 g/mol. The molecule has 0 saturated carbocycles. The second-order valence-electron chi connectivity index (χ2n) is 7.22. The first kappa shape index (κ1) is 17.4. The Balaban J connectivity index is 1.23. The van der Waals surface area contributed by atoms with E-state index >= 15 is 0 Å². The summed E-state index contributed by atoms with van der Waals surface area (Å²) < 4.78 is 5.82. The molecule has 1 fully saturated rings. The summed E-state index contributed by atoms with van der Waals surface area (Å²) in [6.45, 7) is 5.15. The second kappa shape index (κ2) is 8.14. The SMILES string of the molecule is Cc1ccc(CCC2CCN(Cc3nnc(-c4cccs4)o3)CC2)cc1. The highest BCUT2D eigenvalue weighted by molar-refractivity contribution is 7.13. The average Bonchev–Trinajstić information content (AvgIpc) is 3.34. The molecule has 136 valence electrons. The van der Waals surface area contributed by atoms with Crippen LogP contribution in [0.15, 0.2) is 46.2 Å². The zero-order valence-electron chi connectivity index (χ0n) is 15.2. The van der Waals surface area contributed by atoms with E-state index in [4.69, 9.17) is 4.42 Å². The van der Waals surface area contributed by atoms with Crippen molar-refractivity contribution in [2.24, 2.45) is 5.92 Å². The lowest BCUT2D eigenvalue weighted by Crippen LogP contribution is -2.33. The van der Waals surface area contributed by atoms with Crippen molar-refractivity contribution in [3.05, 3.63) is 58.8 Å². The topological polar surface area (TPSA) is 42.2 Å². The van der Waals surface area contributed by atoms with Gasteiger partial charge in [-0.25, -0.2) is 0 Å². The minimum Gasteiger partial charge on any atom is -0.419 e. The van der Waals surface area contributed by atoms with Crippen LogP contribution >= 0.6 is 11.3 Å². The van der Waals surface area contributed by atoms with E-state index in [-0.39, 0.29) is 0 Å². The molecule has 0 atom stereocenters. The van der Waals surface area contributed by atoms with Gasteiger partial charge in [0.2, 0.25) is 5.89 Å². The standard InChI is InChI=1S/C21H25N3OS/c1-16-4-6-17(7-5-16)8-9-18-10-12-24(13-11-18)15-20-22-23-21(25-20)19-3-2-14-26-19/h2-7,14,18H,8-13,15H2,1H3. The van der Waals surface area contributed by atoms with Crippen LogP contribution in [0.3, 0.4) is 0 Å². The van der Waals surface area contributed by atoms with Gasteiger partial charge >= 0.3 is 0 Å². The normalized spacial score (nSPS) is 16.2. The second-order valence-corrected chi connectivity index (χ2v) is 8.17. The molecule has 4 nitrogen and oxygen atoms in total. The van der Waals surface area contributed by atoms with E-state index in [0.29, 0.717) is 5.89 Å². The van der Waals surface area contributed by atoms with E-state index in [9.17, 15) is 0 Å². The molecule has 2 aromatic heterocycles. The fourth-order valence-electron chi connectivity index (χ4n) is 3.57. The maximum absolute atomic E-state index is 5.82. The van der Waals surface area contributed by atoms with E-state index < -0.39 is 0 Å². The van der Waals surface area contributed by atoms with Crippen LogP contribution < -0.4 is 0 Å². The summed E-state index contributed by atoms with van der Waals surface area (Å²) in [5, 5.41) is 10.4. The Kier molecular flexibility index (Phi) is 5.46. The molecular weight excluding hydrogens is 342 g/mol. The van der Waals surface area contributed by atoms with Gasteiger partial charge in [-0.3, -0.25) is 4.90 Å². The van der Waals surface area contributed by atoms with Gasteiger partial charge in [-0.2, -0.15) is 0 Å². The molecule has 0 spiro atoms. The third-order valence-corrected chi connectivity index (χ3v) is 6.08. The molecular formula is C21H25N3OS. The molecule has 1 aliphatic heterocycles. The van der Waals surface area contributed by atoms with Gasteiger partial charge in [0.25, 0.3) is 5.89 Å². The number of likely N-dealkylation sites (tertiary alicyclic amines) is 1. The quantitative estimate of drug-likeness (QED) is 0.618. The van der Waals surface area contributed by atoms with Crippen molar-refractivity contribution in [3.8, 4) is 10.8 Å². The summed E-state index contributed by atoms with van der Waals surface area (Å²) in [6.07, 6.45) is 5.01. The first-order chi connectivity index (χ1) is 12.8. The molecule has 1 aromatic carbocycles. The van der Waals surface area contributed by atoms with Crippen LogP contribution in [0, 0.1) is 12.8 Å². The highest BCUT2D eigenvalue weighted by Gasteiger charge is 2.21. The van der Waals surface area contributed by atoms with Crippen molar-refractivity contribution in [2.75, 3.05) is 13.1 Å². The molecule has 0 radical (unpaired) electrons. The maximum atomic E-state index is 5.82. The summed E-state index contributed by atoms with van der Waals surface area (Å²) in [5.41, 5.74) is 2.80. The fraction of sp³-hybridized carbons (Fsp3) is 0.429. The van der Waals surface area contributed by atoms with Crippen LogP contribution in [0.5, 0.6) is 0 Å². The summed E-state index contributed by atoms with van der Waals surface area (Å²) in [7, 11) is 0. The number of piperidine rings is 1. The zero-order chi connectivity index (χ0) is 17.8. The van der Waals surface area contributed by atoms with Gasteiger partial charge in [0, 0.05) is 0 Å². The number of hydrogen-bond acceptors (Lipinski definition) is 5. The molecule has 0 aliphatic carbocycles. The van der Waals surface area contributed by atoms with Crippen LogP contribution in [-0.4, -0.2) is 28.2 Å². The van der Waals surface area contributed by atoms with Crippen molar-refractivity contribution >= 4 is 11.3 Å². The first-order valence-corrected chi connectivity index (χ1v) is 10.3. The molecule has 0 amide bonds. The predicted molar refractivity (Wildman–Crippen MR) is 105 cm³/mol. The van der Waals surface area contributed by atoms with Crippen LogP contribution in [0.1, 0.15) is 36.3 Å². The Morgan fingerprint density at radius 3 is 2.65 bits per heavy atom. The number of thiophene rings is 1. The molecule has 3 heterocycles. The van der Waals surface area contributed by atoms with Crippen LogP contribution in [0.25, 0.3) is 10.8 Å². The predicted octanol–water partition coefficient (Wildman–Crippen LogP) is 4.95. The highest BCUT2D eigenvalue weighted by atomic mass is 32.1. The van der Waals surface area contributed by atoms with Crippen molar-refractivity contribution in [1.29, 1.82) is 0 Å². The molecule has 26 heavy (non-hydrogen) atoms. The molecule has 1 aliphatic rings. The number of hydrogen-bond donors (Lipinski definition) is 0. The number of aryl methyl sites for hydroxylation is 2. The van der Waals surface area contributed by atoms with Gasteiger partial charge in [0.1, 0.15) is 0 Å². The lowest BCUT2D eigenvalue weighted by Gasteiger charge is -2.31. The summed E-state index contributed by atoms with van der Waals surface area (Å²) in [5.74, 6) is 2.20. The monoisotopic (exact) mass is 367 g/mol. The van der Waals surface area contributed by atoms with E-state index in [2.05, 4.69) is 46.3 Å². The van der Waals surface area contributed by atoms with Gasteiger partial charge in [0.05, 0.1) is 11.4 Å². The Morgan fingerprint density at radius 2 is 1.92 bits per heavy atom. The molecule has 4 rings (SSSR count). The van der Waals surface area contributed by atoms with Gasteiger partial charge in [-0.05, 0) is 68.6 Å².